The van der Waals surface area contributed by atoms with E-state index in [1.165, 1.54) is 16.5 Å². The fraction of sp³-hybridized carbons (Fsp3) is 0.467. The van der Waals surface area contributed by atoms with E-state index in [-0.39, 0.29) is 11.6 Å². The third-order valence-corrected chi connectivity index (χ3v) is 4.28. The average molecular weight is 244 g/mol. The molecule has 0 radical (unpaired) electrons. The molecule has 1 aliphatic carbocycles. The third-order valence-electron chi connectivity index (χ3n) is 4.28. The summed E-state index contributed by atoms with van der Waals surface area (Å²) in [6.45, 7) is 0. The van der Waals surface area contributed by atoms with Gasteiger partial charge in [0.05, 0.1) is 6.10 Å². The van der Waals surface area contributed by atoms with Gasteiger partial charge in [-0.05, 0) is 37.3 Å². The lowest BCUT2D eigenvalue weighted by molar-refractivity contribution is 0.0973. The molecule has 1 aromatic heterocycles. The van der Waals surface area contributed by atoms with E-state index in [9.17, 15) is 5.11 Å². The third kappa shape index (κ3) is 1.74. The number of aliphatic hydroxyl groups excluding tert-OH is 1. The standard InChI is InChI=1S/C15H20N2O/c1-17-10-13(12-4-2-3-5-14(12)17)15(16)8-6-11(18)7-9-15/h2-5,10-11,18H,6-9,16H2,1H3. The first-order valence-corrected chi connectivity index (χ1v) is 6.62. The number of benzene rings is 1. The largest absolute Gasteiger partial charge is 0.393 e. The van der Waals surface area contributed by atoms with Crippen LogP contribution in [0.4, 0.5) is 0 Å². The monoisotopic (exact) mass is 244 g/mol. The van der Waals surface area contributed by atoms with Crippen LogP contribution in [-0.4, -0.2) is 15.8 Å². The van der Waals surface area contributed by atoms with Gasteiger partial charge in [-0.25, -0.2) is 0 Å². The van der Waals surface area contributed by atoms with E-state index < -0.39 is 0 Å². The van der Waals surface area contributed by atoms with Gasteiger partial charge in [-0.2, -0.15) is 0 Å². The molecular formula is C15H20N2O. The van der Waals surface area contributed by atoms with Gasteiger partial charge in [-0.1, -0.05) is 18.2 Å². The van der Waals surface area contributed by atoms with E-state index in [1.807, 2.05) is 0 Å². The lowest BCUT2D eigenvalue weighted by atomic mass is 9.76. The Hall–Kier alpha value is -1.32. The van der Waals surface area contributed by atoms with Crippen LogP contribution in [0.2, 0.25) is 0 Å². The molecule has 1 heterocycles. The molecule has 1 saturated carbocycles. The Morgan fingerprint density at radius 2 is 1.94 bits per heavy atom. The van der Waals surface area contributed by atoms with Crippen molar-refractivity contribution in [1.29, 1.82) is 0 Å². The number of para-hydroxylation sites is 1. The van der Waals surface area contributed by atoms with Gasteiger partial charge in [0.15, 0.2) is 0 Å². The smallest absolute Gasteiger partial charge is 0.0541 e. The van der Waals surface area contributed by atoms with Crippen LogP contribution in [0.1, 0.15) is 31.2 Å². The number of hydrogen-bond donors (Lipinski definition) is 2. The molecule has 2 aromatic rings. The fourth-order valence-corrected chi connectivity index (χ4v) is 3.13. The Kier molecular flexibility index (Phi) is 2.68. The summed E-state index contributed by atoms with van der Waals surface area (Å²) in [5.74, 6) is 0. The SMILES string of the molecule is Cn1cc(C2(N)CCC(O)CC2)c2ccccc21. The second-order valence-corrected chi connectivity index (χ2v) is 5.56. The van der Waals surface area contributed by atoms with Crippen LogP contribution in [-0.2, 0) is 12.6 Å². The molecule has 1 fully saturated rings. The predicted molar refractivity (Wildman–Crippen MR) is 73.3 cm³/mol. The Balaban J connectivity index is 2.09. The van der Waals surface area contributed by atoms with Crippen molar-refractivity contribution in [2.75, 3.05) is 0 Å². The summed E-state index contributed by atoms with van der Waals surface area (Å²) in [6.07, 6.45) is 5.32. The van der Waals surface area contributed by atoms with E-state index in [1.54, 1.807) is 0 Å². The quantitative estimate of drug-likeness (QED) is 0.808. The van der Waals surface area contributed by atoms with E-state index in [2.05, 4.69) is 42.1 Å². The zero-order chi connectivity index (χ0) is 12.8. The van der Waals surface area contributed by atoms with Crippen molar-refractivity contribution in [1.82, 2.24) is 4.57 Å². The molecule has 1 aliphatic rings. The first-order valence-electron chi connectivity index (χ1n) is 6.62. The maximum absolute atomic E-state index is 9.65. The highest BCUT2D eigenvalue weighted by Crippen LogP contribution is 2.38. The number of aromatic nitrogens is 1. The van der Waals surface area contributed by atoms with E-state index >= 15 is 0 Å². The minimum absolute atomic E-state index is 0.170. The maximum Gasteiger partial charge on any atom is 0.0541 e. The van der Waals surface area contributed by atoms with Gasteiger partial charge in [0, 0.05) is 29.7 Å². The topological polar surface area (TPSA) is 51.2 Å². The average Bonchev–Trinajstić information content (AvgIpc) is 2.72. The van der Waals surface area contributed by atoms with Crippen LogP contribution in [0, 0.1) is 0 Å². The summed E-state index contributed by atoms with van der Waals surface area (Å²) in [5.41, 5.74) is 8.77. The van der Waals surface area contributed by atoms with Crippen molar-refractivity contribution in [3.63, 3.8) is 0 Å². The van der Waals surface area contributed by atoms with Gasteiger partial charge in [0.1, 0.15) is 0 Å². The second kappa shape index (κ2) is 4.11. The highest BCUT2D eigenvalue weighted by Gasteiger charge is 2.34. The minimum Gasteiger partial charge on any atom is -0.393 e. The molecule has 3 N–H and O–H groups in total. The van der Waals surface area contributed by atoms with Crippen LogP contribution < -0.4 is 5.73 Å². The van der Waals surface area contributed by atoms with Gasteiger partial charge in [0.2, 0.25) is 0 Å². The molecule has 3 rings (SSSR count). The van der Waals surface area contributed by atoms with Crippen molar-refractivity contribution < 1.29 is 5.11 Å². The molecule has 0 bridgehead atoms. The Bertz CT molecular complexity index is 565. The molecule has 0 saturated heterocycles. The number of fused-ring (bicyclic) bond motifs is 1. The van der Waals surface area contributed by atoms with Crippen molar-refractivity contribution in [2.24, 2.45) is 12.8 Å². The van der Waals surface area contributed by atoms with Crippen molar-refractivity contribution in [2.45, 2.75) is 37.3 Å². The number of rotatable bonds is 1. The van der Waals surface area contributed by atoms with Crippen molar-refractivity contribution in [3.8, 4) is 0 Å². The predicted octanol–water partition coefficient (Wildman–Crippen LogP) is 2.27. The molecule has 0 spiro atoms. The summed E-state index contributed by atoms with van der Waals surface area (Å²) in [5, 5.41) is 10.9. The lowest BCUT2D eigenvalue weighted by Gasteiger charge is -2.35. The molecular weight excluding hydrogens is 224 g/mol. The molecule has 3 heteroatoms. The molecule has 0 unspecified atom stereocenters. The van der Waals surface area contributed by atoms with E-state index in [0.29, 0.717) is 0 Å². The number of aryl methyl sites for hydroxylation is 1. The van der Waals surface area contributed by atoms with Gasteiger partial charge < -0.3 is 15.4 Å². The highest BCUT2D eigenvalue weighted by molar-refractivity contribution is 5.85. The first kappa shape index (κ1) is 11.8. The van der Waals surface area contributed by atoms with Crippen LogP contribution in [0.25, 0.3) is 10.9 Å². The molecule has 0 amide bonds. The summed E-state index contributed by atoms with van der Waals surface area (Å²) < 4.78 is 2.14. The normalized spacial score (nSPS) is 28.7. The highest BCUT2D eigenvalue weighted by atomic mass is 16.3. The maximum atomic E-state index is 9.65. The Labute approximate surface area is 107 Å². The zero-order valence-corrected chi connectivity index (χ0v) is 10.8. The van der Waals surface area contributed by atoms with Crippen molar-refractivity contribution in [3.05, 3.63) is 36.0 Å². The summed E-state index contributed by atoms with van der Waals surface area (Å²) in [6, 6.07) is 8.39. The molecule has 18 heavy (non-hydrogen) atoms. The Morgan fingerprint density at radius 1 is 1.28 bits per heavy atom. The first-order chi connectivity index (χ1) is 8.60. The second-order valence-electron chi connectivity index (χ2n) is 5.56. The minimum atomic E-state index is -0.278. The summed E-state index contributed by atoms with van der Waals surface area (Å²) in [4.78, 5) is 0. The number of nitrogens with two attached hydrogens (primary N) is 1. The van der Waals surface area contributed by atoms with E-state index in [0.717, 1.165) is 25.7 Å². The van der Waals surface area contributed by atoms with Gasteiger partial charge in [0.25, 0.3) is 0 Å². The number of hydrogen-bond acceptors (Lipinski definition) is 2. The molecule has 1 aromatic carbocycles. The van der Waals surface area contributed by atoms with Gasteiger partial charge in [-0.3, -0.25) is 0 Å². The fourth-order valence-electron chi connectivity index (χ4n) is 3.13. The zero-order valence-electron chi connectivity index (χ0n) is 10.8. The van der Waals surface area contributed by atoms with Crippen LogP contribution >= 0.6 is 0 Å². The lowest BCUT2D eigenvalue weighted by Crippen LogP contribution is -2.41. The summed E-state index contributed by atoms with van der Waals surface area (Å²) in [7, 11) is 2.06. The molecule has 0 aliphatic heterocycles. The van der Waals surface area contributed by atoms with E-state index in [4.69, 9.17) is 5.73 Å². The number of nitrogens with zero attached hydrogens (tertiary/aromatic N) is 1. The van der Waals surface area contributed by atoms with Gasteiger partial charge >= 0.3 is 0 Å². The van der Waals surface area contributed by atoms with Crippen molar-refractivity contribution >= 4 is 10.9 Å². The van der Waals surface area contributed by atoms with Crippen LogP contribution in [0.5, 0.6) is 0 Å². The summed E-state index contributed by atoms with van der Waals surface area (Å²) >= 11 is 0. The molecule has 3 nitrogen and oxygen atoms in total. The van der Waals surface area contributed by atoms with Crippen LogP contribution in [0.15, 0.2) is 30.5 Å². The van der Waals surface area contributed by atoms with Gasteiger partial charge in [-0.15, -0.1) is 0 Å². The Morgan fingerprint density at radius 3 is 2.67 bits per heavy atom. The molecule has 0 atom stereocenters. The van der Waals surface area contributed by atoms with Crippen LogP contribution in [0.3, 0.4) is 0 Å². The molecule has 96 valence electrons. The number of aliphatic hydroxyl groups is 1.